The van der Waals surface area contributed by atoms with Gasteiger partial charge in [-0.15, -0.1) is 0 Å². The molecule has 2 heterocycles. The number of nitrogens with zero attached hydrogens (tertiary/aromatic N) is 3. The maximum absolute atomic E-state index is 12.8. The average Bonchev–Trinajstić information content (AvgIpc) is 2.84. The van der Waals surface area contributed by atoms with Crippen LogP contribution < -0.4 is 15.5 Å². The van der Waals surface area contributed by atoms with Crippen LogP contribution >= 0.6 is 23.2 Å². The number of pyridine rings is 1. The lowest BCUT2D eigenvalue weighted by atomic mass is 10.1. The van der Waals surface area contributed by atoms with Crippen LogP contribution in [0.3, 0.4) is 0 Å². The predicted molar refractivity (Wildman–Crippen MR) is 133 cm³/mol. The van der Waals surface area contributed by atoms with Gasteiger partial charge in [0.15, 0.2) is 0 Å². The van der Waals surface area contributed by atoms with Crippen molar-refractivity contribution in [2.75, 3.05) is 41.7 Å². The van der Waals surface area contributed by atoms with Crippen molar-refractivity contribution >= 4 is 52.3 Å². The number of piperazine rings is 1. The first-order valence-corrected chi connectivity index (χ1v) is 11.6. The van der Waals surface area contributed by atoms with Crippen molar-refractivity contribution in [1.82, 2.24) is 9.88 Å². The van der Waals surface area contributed by atoms with Gasteiger partial charge in [-0.05, 0) is 54.6 Å². The standard InChI is InChI=1S/C24H20Cl2F3N5O2/c25-16-3-7-19(20(26)13-16)22(35)34-11-9-33(10-12-34)21-8-6-18(14-30-21)32-23(36)31-17-4-1-15(2-5-17)24(27,28)29/h1-8,13-14H,9-12H2,(H2,31,32,36). The highest BCUT2D eigenvalue weighted by molar-refractivity contribution is 6.36. The minimum Gasteiger partial charge on any atom is -0.353 e. The zero-order chi connectivity index (χ0) is 25.9. The Kier molecular flexibility index (Phi) is 7.56. The molecule has 2 N–H and O–H groups in total. The van der Waals surface area contributed by atoms with Crippen LogP contribution in [0.4, 0.5) is 35.2 Å². The zero-order valence-electron chi connectivity index (χ0n) is 18.6. The quantitative estimate of drug-likeness (QED) is 0.427. The fourth-order valence-corrected chi connectivity index (χ4v) is 4.14. The van der Waals surface area contributed by atoms with E-state index in [0.717, 1.165) is 12.1 Å². The number of alkyl halides is 3. The van der Waals surface area contributed by atoms with Crippen molar-refractivity contribution in [3.63, 3.8) is 0 Å². The lowest BCUT2D eigenvalue weighted by molar-refractivity contribution is -0.137. The molecule has 4 rings (SSSR count). The van der Waals surface area contributed by atoms with Gasteiger partial charge in [-0.1, -0.05) is 23.2 Å². The molecular weight excluding hydrogens is 518 g/mol. The van der Waals surface area contributed by atoms with Gasteiger partial charge in [0.2, 0.25) is 0 Å². The fourth-order valence-electron chi connectivity index (χ4n) is 3.65. The Morgan fingerprint density at radius 1 is 0.861 bits per heavy atom. The Morgan fingerprint density at radius 3 is 2.08 bits per heavy atom. The van der Waals surface area contributed by atoms with E-state index >= 15 is 0 Å². The van der Waals surface area contributed by atoms with Crippen LogP contribution in [-0.4, -0.2) is 48.0 Å². The Bertz CT molecular complexity index is 1250. The van der Waals surface area contributed by atoms with E-state index in [1.54, 1.807) is 29.2 Å². The van der Waals surface area contributed by atoms with Gasteiger partial charge in [0.1, 0.15) is 5.82 Å². The number of urea groups is 1. The molecule has 7 nitrogen and oxygen atoms in total. The molecule has 0 radical (unpaired) electrons. The van der Waals surface area contributed by atoms with Crippen molar-refractivity contribution in [2.45, 2.75) is 6.18 Å². The second kappa shape index (κ2) is 10.6. The molecule has 1 aliphatic heterocycles. The van der Waals surface area contributed by atoms with Crippen molar-refractivity contribution in [3.05, 3.63) is 82.0 Å². The molecule has 0 spiro atoms. The molecule has 0 aliphatic carbocycles. The summed E-state index contributed by atoms with van der Waals surface area (Å²) in [6.07, 6.45) is -2.96. The highest BCUT2D eigenvalue weighted by Gasteiger charge is 2.30. The number of benzene rings is 2. The number of hydrogen-bond donors (Lipinski definition) is 2. The van der Waals surface area contributed by atoms with Crippen LogP contribution in [0.5, 0.6) is 0 Å². The Morgan fingerprint density at radius 2 is 1.50 bits per heavy atom. The second-order valence-corrected chi connectivity index (χ2v) is 8.81. The van der Waals surface area contributed by atoms with E-state index in [4.69, 9.17) is 23.2 Å². The van der Waals surface area contributed by atoms with Crippen molar-refractivity contribution < 1.29 is 22.8 Å². The minimum atomic E-state index is -4.44. The summed E-state index contributed by atoms with van der Waals surface area (Å²) in [5, 5.41) is 5.83. The van der Waals surface area contributed by atoms with Gasteiger partial charge in [-0.25, -0.2) is 9.78 Å². The van der Waals surface area contributed by atoms with Crippen molar-refractivity contribution in [2.24, 2.45) is 0 Å². The van der Waals surface area contributed by atoms with Crippen LogP contribution in [0, 0.1) is 0 Å². The molecule has 0 atom stereocenters. The maximum atomic E-state index is 12.8. The summed E-state index contributed by atoms with van der Waals surface area (Å²) < 4.78 is 38.0. The summed E-state index contributed by atoms with van der Waals surface area (Å²) in [4.78, 5) is 33.1. The number of halogens is 5. The number of anilines is 3. The molecule has 0 saturated carbocycles. The van der Waals surface area contributed by atoms with Crippen LogP contribution in [0.25, 0.3) is 0 Å². The summed E-state index contributed by atoms with van der Waals surface area (Å²) in [6, 6.07) is 11.7. The topological polar surface area (TPSA) is 77.6 Å². The molecule has 0 bridgehead atoms. The van der Waals surface area contributed by atoms with Gasteiger partial charge in [-0.2, -0.15) is 13.2 Å². The normalized spacial score (nSPS) is 13.9. The molecule has 3 amide bonds. The number of amides is 3. The van der Waals surface area contributed by atoms with Gasteiger partial charge >= 0.3 is 12.2 Å². The summed E-state index contributed by atoms with van der Waals surface area (Å²) in [5.41, 5.74) is 0.233. The third-order valence-electron chi connectivity index (χ3n) is 5.53. The highest BCUT2D eigenvalue weighted by Crippen LogP contribution is 2.30. The van der Waals surface area contributed by atoms with Gasteiger partial charge in [0, 0.05) is 36.9 Å². The maximum Gasteiger partial charge on any atom is 0.416 e. The Hall–Kier alpha value is -3.50. The van der Waals surface area contributed by atoms with Gasteiger partial charge < -0.3 is 20.4 Å². The zero-order valence-corrected chi connectivity index (χ0v) is 20.2. The largest absolute Gasteiger partial charge is 0.416 e. The third kappa shape index (κ3) is 6.19. The number of hydrogen-bond acceptors (Lipinski definition) is 4. The molecule has 2 aromatic carbocycles. The summed E-state index contributed by atoms with van der Waals surface area (Å²) in [7, 11) is 0. The average molecular weight is 538 g/mol. The van der Waals surface area contributed by atoms with E-state index in [2.05, 4.69) is 15.6 Å². The predicted octanol–water partition coefficient (Wildman–Crippen LogP) is 6.01. The molecular formula is C24H20Cl2F3N5O2. The molecule has 3 aromatic rings. The number of carbonyl (C=O) groups is 2. The first-order valence-electron chi connectivity index (χ1n) is 10.8. The molecule has 1 aliphatic rings. The van der Waals surface area contributed by atoms with Crippen LogP contribution in [0.1, 0.15) is 15.9 Å². The smallest absolute Gasteiger partial charge is 0.353 e. The van der Waals surface area contributed by atoms with Crippen LogP contribution in [0.2, 0.25) is 10.0 Å². The minimum absolute atomic E-state index is 0.164. The SMILES string of the molecule is O=C(Nc1ccc(C(F)(F)F)cc1)Nc1ccc(N2CCN(C(=O)c3ccc(Cl)cc3Cl)CC2)nc1. The van der Waals surface area contributed by atoms with E-state index in [9.17, 15) is 22.8 Å². The van der Waals surface area contributed by atoms with E-state index in [-0.39, 0.29) is 11.6 Å². The molecule has 1 aromatic heterocycles. The second-order valence-electron chi connectivity index (χ2n) is 7.96. The Balaban J connectivity index is 1.29. The molecule has 1 fully saturated rings. The summed E-state index contributed by atoms with van der Waals surface area (Å²) in [6.45, 7) is 2.08. The van der Waals surface area contributed by atoms with Crippen molar-refractivity contribution in [1.29, 1.82) is 0 Å². The molecule has 0 unspecified atom stereocenters. The van der Waals surface area contributed by atoms with Crippen LogP contribution in [-0.2, 0) is 6.18 Å². The highest BCUT2D eigenvalue weighted by atomic mass is 35.5. The number of carbonyl (C=O) groups excluding carboxylic acids is 2. The first kappa shape index (κ1) is 25.6. The Labute approximate surface area is 214 Å². The molecule has 36 heavy (non-hydrogen) atoms. The molecule has 1 saturated heterocycles. The van der Waals surface area contributed by atoms with Crippen LogP contribution in [0.15, 0.2) is 60.8 Å². The summed E-state index contributed by atoms with van der Waals surface area (Å²) in [5.74, 6) is 0.517. The lowest BCUT2D eigenvalue weighted by Crippen LogP contribution is -2.49. The number of aromatic nitrogens is 1. The van der Waals surface area contributed by atoms with Gasteiger partial charge in [0.25, 0.3) is 5.91 Å². The van der Waals surface area contributed by atoms with Gasteiger partial charge in [-0.3, -0.25) is 4.79 Å². The fraction of sp³-hybridized carbons (Fsp3) is 0.208. The summed E-state index contributed by atoms with van der Waals surface area (Å²) >= 11 is 12.1. The monoisotopic (exact) mass is 537 g/mol. The van der Waals surface area contributed by atoms with Crippen molar-refractivity contribution in [3.8, 4) is 0 Å². The number of nitrogens with one attached hydrogen (secondary N) is 2. The van der Waals surface area contributed by atoms with E-state index in [1.807, 2.05) is 4.90 Å². The van der Waals surface area contributed by atoms with Gasteiger partial charge in [0.05, 0.1) is 28.0 Å². The molecule has 12 heteroatoms. The first-order chi connectivity index (χ1) is 17.1. The van der Waals surface area contributed by atoms with E-state index in [1.165, 1.54) is 24.4 Å². The van der Waals surface area contributed by atoms with E-state index in [0.29, 0.717) is 53.3 Å². The van der Waals surface area contributed by atoms with E-state index < -0.39 is 17.8 Å². The molecule has 188 valence electrons. The third-order valence-corrected chi connectivity index (χ3v) is 6.08. The number of rotatable bonds is 4. The lowest BCUT2D eigenvalue weighted by Gasteiger charge is -2.35.